The van der Waals surface area contributed by atoms with Gasteiger partial charge in [-0.2, -0.15) is 0 Å². The van der Waals surface area contributed by atoms with Gasteiger partial charge in [0.25, 0.3) is 0 Å². The van der Waals surface area contributed by atoms with Crippen molar-refractivity contribution in [1.29, 1.82) is 0 Å². The molecule has 118 valence electrons. The molecule has 0 spiro atoms. The van der Waals surface area contributed by atoms with Crippen LogP contribution in [0.4, 0.5) is 5.69 Å². The lowest BCUT2D eigenvalue weighted by Gasteiger charge is -2.22. The molecule has 2 aromatic carbocycles. The fourth-order valence-corrected chi connectivity index (χ4v) is 3.73. The summed E-state index contributed by atoms with van der Waals surface area (Å²) in [5.74, 6) is 0.739. The Morgan fingerprint density at radius 2 is 1.67 bits per heavy atom. The van der Waals surface area contributed by atoms with Crippen LogP contribution in [0.15, 0.2) is 71.9 Å². The molecule has 2 heterocycles. The van der Waals surface area contributed by atoms with Crippen LogP contribution in [-0.4, -0.2) is 12.9 Å². The van der Waals surface area contributed by atoms with Gasteiger partial charge in [-0.1, -0.05) is 58.7 Å². The van der Waals surface area contributed by atoms with Crippen LogP contribution in [-0.2, 0) is 4.76 Å². The Morgan fingerprint density at radius 1 is 0.917 bits per heavy atom. The summed E-state index contributed by atoms with van der Waals surface area (Å²) in [6.45, 7) is 0. The first-order valence-corrected chi connectivity index (χ1v) is 8.89. The van der Waals surface area contributed by atoms with Crippen LogP contribution in [0.5, 0.6) is 0 Å². The Hall–Kier alpha value is -1.95. The number of hydrogen-bond acceptors (Lipinski definition) is 4. The van der Waals surface area contributed by atoms with Crippen LogP contribution in [0.2, 0.25) is 9.36 Å². The van der Waals surface area contributed by atoms with Gasteiger partial charge in [-0.15, -0.1) is 11.3 Å². The highest BCUT2D eigenvalue weighted by Gasteiger charge is 2.40. The molecule has 0 radical (unpaired) electrons. The molecule has 4 rings (SSSR count). The molecule has 24 heavy (non-hydrogen) atoms. The van der Waals surface area contributed by atoms with E-state index in [2.05, 4.69) is 5.16 Å². The van der Waals surface area contributed by atoms with Crippen molar-refractivity contribution in [2.75, 3.05) is 4.81 Å². The van der Waals surface area contributed by atoms with Gasteiger partial charge in [-0.05, 0) is 41.9 Å². The Labute approximate surface area is 154 Å². The van der Waals surface area contributed by atoms with Gasteiger partial charge < -0.3 is 9.57 Å². The lowest BCUT2D eigenvalue weighted by atomic mass is 9.71. The monoisotopic (exact) mass is 372 g/mol. The molecule has 7 heteroatoms. The van der Waals surface area contributed by atoms with E-state index in [0.717, 1.165) is 21.9 Å². The summed E-state index contributed by atoms with van der Waals surface area (Å²) in [6, 6.07) is 21.4. The quantitative estimate of drug-likeness (QED) is 0.625. The van der Waals surface area contributed by atoms with Gasteiger partial charge in [0.2, 0.25) is 0 Å². The second-order valence-corrected chi connectivity index (χ2v) is 7.39. The van der Waals surface area contributed by atoms with E-state index >= 15 is 0 Å². The van der Waals surface area contributed by atoms with E-state index in [1.807, 2.05) is 71.5 Å². The molecule has 0 atom stereocenters. The van der Waals surface area contributed by atoms with Crippen molar-refractivity contribution in [2.45, 2.75) is 0 Å². The van der Waals surface area contributed by atoms with E-state index < -0.39 is 0 Å². The van der Waals surface area contributed by atoms with Gasteiger partial charge in [-0.3, -0.25) is 0 Å². The van der Waals surface area contributed by atoms with Crippen molar-refractivity contribution in [3.63, 3.8) is 0 Å². The number of nitrogens with zero attached hydrogens (tertiary/aromatic N) is 2. The summed E-state index contributed by atoms with van der Waals surface area (Å²) < 4.78 is 6.47. The minimum Gasteiger partial charge on any atom is -0.432 e. The van der Waals surface area contributed by atoms with Crippen LogP contribution in [0.1, 0.15) is 4.88 Å². The molecule has 1 aliphatic rings. The number of halogens is 2. The van der Waals surface area contributed by atoms with Gasteiger partial charge in [0.05, 0.1) is 9.21 Å². The number of rotatable bonds is 3. The minimum atomic E-state index is -0.330. The number of anilines is 1. The van der Waals surface area contributed by atoms with E-state index in [0.29, 0.717) is 9.36 Å². The van der Waals surface area contributed by atoms with Gasteiger partial charge in [0, 0.05) is 10.7 Å². The predicted molar refractivity (Wildman–Crippen MR) is 103 cm³/mol. The fraction of sp³-hybridized carbons (Fsp3) is 0. The van der Waals surface area contributed by atoms with Crippen LogP contribution in [0.25, 0.3) is 0 Å². The van der Waals surface area contributed by atoms with E-state index in [1.165, 1.54) is 11.3 Å². The Bertz CT molecular complexity index is 883. The smallest absolute Gasteiger partial charge is 0.432 e. The second kappa shape index (κ2) is 6.51. The van der Waals surface area contributed by atoms with Crippen molar-refractivity contribution in [3.8, 4) is 0 Å². The van der Waals surface area contributed by atoms with Crippen molar-refractivity contribution < 1.29 is 4.76 Å². The average Bonchev–Trinajstić information content (AvgIpc) is 3.22. The molecule has 1 aromatic heterocycles. The van der Waals surface area contributed by atoms with Crippen LogP contribution in [0.3, 0.4) is 0 Å². The summed E-state index contributed by atoms with van der Waals surface area (Å²) in [5, 5.41) is 5.01. The van der Waals surface area contributed by atoms with E-state index in [9.17, 15) is 0 Å². The number of amidine groups is 1. The SMILES string of the molecule is Clc1ccc(N2B(c3ccccc3)ON=C2c2ccc(Cl)s2)cc1. The number of hydrogen-bond donors (Lipinski definition) is 0. The fourth-order valence-electron chi connectivity index (χ4n) is 2.59. The zero-order valence-electron chi connectivity index (χ0n) is 12.4. The molecule has 0 saturated heterocycles. The zero-order chi connectivity index (χ0) is 16.5. The van der Waals surface area contributed by atoms with E-state index in [1.54, 1.807) is 0 Å². The standard InChI is InChI=1S/C17H11BCl2N2OS/c19-13-6-8-14(9-7-13)22-17(15-10-11-16(20)24-15)21-23-18(22)12-4-2-1-3-5-12/h1-11H. The van der Waals surface area contributed by atoms with E-state index in [4.69, 9.17) is 28.0 Å². The maximum Gasteiger partial charge on any atom is 0.550 e. The Morgan fingerprint density at radius 3 is 2.33 bits per heavy atom. The van der Waals surface area contributed by atoms with Gasteiger partial charge >= 0.3 is 7.05 Å². The number of oxime groups is 1. The molecule has 0 fully saturated rings. The van der Waals surface area contributed by atoms with Crippen molar-refractivity contribution in [3.05, 3.63) is 81.0 Å². The largest absolute Gasteiger partial charge is 0.550 e. The molecule has 0 saturated carbocycles. The summed E-state index contributed by atoms with van der Waals surface area (Å²) in [7, 11) is -0.330. The Kier molecular flexibility index (Phi) is 4.23. The highest BCUT2D eigenvalue weighted by molar-refractivity contribution is 7.18. The van der Waals surface area contributed by atoms with Gasteiger partial charge in [0.1, 0.15) is 0 Å². The van der Waals surface area contributed by atoms with Crippen molar-refractivity contribution in [2.24, 2.45) is 5.16 Å². The molecule has 1 aliphatic heterocycles. The molecule has 0 bridgehead atoms. The molecule has 3 nitrogen and oxygen atoms in total. The number of benzene rings is 2. The van der Waals surface area contributed by atoms with Crippen molar-refractivity contribution >= 4 is 58.6 Å². The summed E-state index contributed by atoms with van der Waals surface area (Å²) in [5.41, 5.74) is 1.97. The number of thiophene rings is 1. The molecule has 0 N–H and O–H groups in total. The van der Waals surface area contributed by atoms with Gasteiger partial charge in [0.15, 0.2) is 5.84 Å². The molecule has 0 amide bonds. The van der Waals surface area contributed by atoms with Crippen LogP contribution < -0.4 is 10.3 Å². The Balaban J connectivity index is 1.78. The van der Waals surface area contributed by atoms with Crippen LogP contribution >= 0.6 is 34.5 Å². The first-order valence-electron chi connectivity index (χ1n) is 7.31. The maximum absolute atomic E-state index is 6.09. The normalized spacial score (nSPS) is 13.8. The molecular weight excluding hydrogens is 362 g/mol. The lowest BCUT2D eigenvalue weighted by molar-refractivity contribution is 0.367. The topological polar surface area (TPSA) is 24.8 Å². The third kappa shape index (κ3) is 2.91. The van der Waals surface area contributed by atoms with E-state index in [-0.39, 0.29) is 7.05 Å². The third-order valence-corrected chi connectivity index (χ3v) is 5.16. The first kappa shape index (κ1) is 15.6. The minimum absolute atomic E-state index is 0.330. The lowest BCUT2D eigenvalue weighted by Crippen LogP contribution is -2.48. The summed E-state index contributed by atoms with van der Waals surface area (Å²) in [6.07, 6.45) is 0. The van der Waals surface area contributed by atoms with Gasteiger partial charge in [-0.25, -0.2) is 0 Å². The predicted octanol–water partition coefficient (Wildman–Crippen LogP) is 4.65. The highest BCUT2D eigenvalue weighted by Crippen LogP contribution is 2.30. The molecule has 0 aliphatic carbocycles. The molecular formula is C17H11BCl2N2OS. The van der Waals surface area contributed by atoms with Crippen LogP contribution in [0, 0.1) is 0 Å². The maximum atomic E-state index is 6.09. The average molecular weight is 373 g/mol. The first-order chi connectivity index (χ1) is 11.7. The summed E-state index contributed by atoms with van der Waals surface area (Å²) in [4.78, 5) is 3.00. The van der Waals surface area contributed by atoms with Crippen molar-refractivity contribution in [1.82, 2.24) is 0 Å². The zero-order valence-corrected chi connectivity index (χ0v) is 14.7. The third-order valence-electron chi connectivity index (χ3n) is 3.68. The highest BCUT2D eigenvalue weighted by atomic mass is 35.5. The summed E-state index contributed by atoms with van der Waals surface area (Å²) >= 11 is 13.6. The second-order valence-electron chi connectivity index (χ2n) is 5.23. The molecule has 3 aromatic rings. The molecule has 0 unspecified atom stereocenters.